The van der Waals surface area contributed by atoms with Crippen LogP contribution in [0.2, 0.25) is 0 Å². The number of aromatic nitrogens is 2. The lowest BCUT2D eigenvalue weighted by molar-refractivity contribution is 0.631. The van der Waals surface area contributed by atoms with Crippen LogP contribution in [-0.4, -0.2) is 9.97 Å². The van der Waals surface area contributed by atoms with Gasteiger partial charge in [-0.05, 0) is 29.8 Å². The van der Waals surface area contributed by atoms with Crippen LogP contribution in [0, 0.1) is 17.1 Å². The molecule has 114 valence electrons. The molecule has 1 N–H and O–H groups in total. The molecular formula is C20H12FN3. The van der Waals surface area contributed by atoms with Gasteiger partial charge in [-0.3, -0.25) is 0 Å². The van der Waals surface area contributed by atoms with Gasteiger partial charge >= 0.3 is 0 Å². The quantitative estimate of drug-likeness (QED) is 0.572. The van der Waals surface area contributed by atoms with E-state index in [2.05, 4.69) is 16.0 Å². The van der Waals surface area contributed by atoms with Crippen LogP contribution in [0.4, 0.5) is 4.39 Å². The highest BCUT2D eigenvalue weighted by molar-refractivity contribution is 5.81. The first-order chi connectivity index (χ1) is 11.7. The molecule has 4 heteroatoms. The highest BCUT2D eigenvalue weighted by atomic mass is 19.1. The van der Waals surface area contributed by atoms with Crippen LogP contribution in [0.3, 0.4) is 0 Å². The smallest absolute Gasteiger partial charge is 0.138 e. The Bertz CT molecular complexity index is 1070. The van der Waals surface area contributed by atoms with Gasteiger partial charge in [-0.1, -0.05) is 42.5 Å². The Balaban J connectivity index is 1.73. The number of aromatic amines is 1. The molecule has 4 aromatic rings. The van der Waals surface area contributed by atoms with Crippen molar-refractivity contribution in [2.75, 3.05) is 0 Å². The van der Waals surface area contributed by atoms with E-state index in [1.807, 2.05) is 36.4 Å². The Labute approximate surface area is 138 Å². The zero-order valence-corrected chi connectivity index (χ0v) is 12.6. The molecule has 0 amide bonds. The Hall–Kier alpha value is -3.45. The molecule has 4 rings (SSSR count). The molecule has 1 heterocycles. The van der Waals surface area contributed by atoms with Crippen molar-refractivity contribution in [2.45, 2.75) is 0 Å². The molecule has 0 saturated heterocycles. The van der Waals surface area contributed by atoms with Crippen molar-refractivity contribution in [1.29, 1.82) is 5.26 Å². The number of imidazole rings is 1. The number of benzene rings is 3. The Morgan fingerprint density at radius 2 is 1.67 bits per heavy atom. The number of nitrogens with one attached hydrogen (secondary N) is 1. The first-order valence-electron chi connectivity index (χ1n) is 7.50. The average molecular weight is 313 g/mol. The van der Waals surface area contributed by atoms with Gasteiger partial charge in [0, 0.05) is 11.1 Å². The van der Waals surface area contributed by atoms with Crippen molar-refractivity contribution < 1.29 is 4.39 Å². The Kier molecular flexibility index (Phi) is 3.33. The first-order valence-corrected chi connectivity index (χ1v) is 7.50. The third-order valence-electron chi connectivity index (χ3n) is 3.95. The summed E-state index contributed by atoms with van der Waals surface area (Å²) in [5.74, 6) is 0.484. The van der Waals surface area contributed by atoms with Gasteiger partial charge in [0.2, 0.25) is 0 Å². The largest absolute Gasteiger partial charge is 0.338 e. The second kappa shape index (κ2) is 5.64. The molecule has 1 aromatic heterocycles. The van der Waals surface area contributed by atoms with E-state index >= 15 is 0 Å². The van der Waals surface area contributed by atoms with E-state index in [1.165, 1.54) is 6.07 Å². The molecule has 0 aliphatic rings. The third-order valence-corrected chi connectivity index (χ3v) is 3.95. The molecule has 0 atom stereocenters. The van der Waals surface area contributed by atoms with Crippen molar-refractivity contribution in [3.8, 4) is 28.6 Å². The molecule has 0 aliphatic carbocycles. The van der Waals surface area contributed by atoms with Crippen molar-refractivity contribution in [2.24, 2.45) is 0 Å². The highest BCUT2D eigenvalue weighted by Gasteiger charge is 2.08. The van der Waals surface area contributed by atoms with Crippen LogP contribution < -0.4 is 0 Å². The lowest BCUT2D eigenvalue weighted by Crippen LogP contribution is -1.85. The molecular weight excluding hydrogens is 301 g/mol. The summed E-state index contributed by atoms with van der Waals surface area (Å²) in [6.45, 7) is 0. The van der Waals surface area contributed by atoms with Gasteiger partial charge in [-0.2, -0.15) is 5.26 Å². The third kappa shape index (κ3) is 2.42. The normalized spacial score (nSPS) is 10.7. The number of nitrogens with zero attached hydrogens (tertiary/aromatic N) is 2. The molecule has 0 saturated carbocycles. The summed E-state index contributed by atoms with van der Waals surface area (Å²) in [5, 5.41) is 8.97. The molecule has 0 unspecified atom stereocenters. The molecule has 0 fully saturated rings. The zero-order chi connectivity index (χ0) is 16.5. The second-order valence-electron chi connectivity index (χ2n) is 5.49. The molecule has 0 aliphatic heterocycles. The maximum atomic E-state index is 13.9. The minimum Gasteiger partial charge on any atom is -0.338 e. The number of fused-ring (bicyclic) bond motifs is 1. The van der Waals surface area contributed by atoms with Crippen LogP contribution in [0.15, 0.2) is 66.7 Å². The fourth-order valence-corrected chi connectivity index (χ4v) is 2.72. The number of H-pyrrole nitrogens is 1. The maximum absolute atomic E-state index is 13.9. The van der Waals surface area contributed by atoms with Crippen LogP contribution in [0.1, 0.15) is 5.56 Å². The van der Waals surface area contributed by atoms with Gasteiger partial charge in [0.25, 0.3) is 0 Å². The Morgan fingerprint density at radius 1 is 0.917 bits per heavy atom. The monoisotopic (exact) mass is 313 g/mol. The van der Waals surface area contributed by atoms with E-state index in [0.29, 0.717) is 11.1 Å². The zero-order valence-electron chi connectivity index (χ0n) is 12.6. The standard InChI is InChI=1S/C20H12FN3/c21-17-4-2-1-3-16(17)14-6-8-15(9-7-14)20-23-18-10-5-13(12-22)11-19(18)24-20/h1-11H,(H,23,24). The van der Waals surface area contributed by atoms with E-state index in [-0.39, 0.29) is 5.82 Å². The van der Waals surface area contributed by atoms with E-state index in [1.54, 1.807) is 24.3 Å². The van der Waals surface area contributed by atoms with Gasteiger partial charge in [0.1, 0.15) is 11.6 Å². The Morgan fingerprint density at radius 3 is 2.42 bits per heavy atom. The summed E-state index contributed by atoms with van der Waals surface area (Å²) in [6, 6.07) is 21.7. The predicted molar refractivity (Wildman–Crippen MR) is 91.6 cm³/mol. The number of halogens is 1. The van der Waals surface area contributed by atoms with Crippen molar-refractivity contribution >= 4 is 11.0 Å². The van der Waals surface area contributed by atoms with E-state index in [4.69, 9.17) is 5.26 Å². The number of nitriles is 1. The van der Waals surface area contributed by atoms with Crippen LogP contribution >= 0.6 is 0 Å². The summed E-state index contributed by atoms with van der Waals surface area (Å²) in [7, 11) is 0. The van der Waals surface area contributed by atoms with Crippen LogP contribution in [-0.2, 0) is 0 Å². The van der Waals surface area contributed by atoms with Crippen molar-refractivity contribution in [3.05, 3.63) is 78.1 Å². The summed E-state index contributed by atoms with van der Waals surface area (Å²) in [5.41, 5.74) is 4.52. The topological polar surface area (TPSA) is 52.5 Å². The fourth-order valence-electron chi connectivity index (χ4n) is 2.72. The number of rotatable bonds is 2. The number of hydrogen-bond donors (Lipinski definition) is 1. The number of hydrogen-bond acceptors (Lipinski definition) is 2. The van der Waals surface area contributed by atoms with Crippen molar-refractivity contribution in [1.82, 2.24) is 9.97 Å². The van der Waals surface area contributed by atoms with Gasteiger partial charge in [-0.25, -0.2) is 9.37 Å². The maximum Gasteiger partial charge on any atom is 0.138 e. The summed E-state index contributed by atoms with van der Waals surface area (Å²) >= 11 is 0. The fraction of sp³-hybridized carbons (Fsp3) is 0. The van der Waals surface area contributed by atoms with E-state index < -0.39 is 0 Å². The average Bonchev–Trinajstić information content (AvgIpc) is 3.05. The lowest BCUT2D eigenvalue weighted by Gasteiger charge is -2.04. The highest BCUT2D eigenvalue weighted by Crippen LogP contribution is 2.26. The van der Waals surface area contributed by atoms with E-state index in [0.717, 1.165) is 28.0 Å². The van der Waals surface area contributed by atoms with E-state index in [9.17, 15) is 4.39 Å². The molecule has 0 spiro atoms. The molecule has 3 nitrogen and oxygen atoms in total. The summed E-state index contributed by atoms with van der Waals surface area (Å²) in [4.78, 5) is 7.76. The van der Waals surface area contributed by atoms with Crippen molar-refractivity contribution in [3.63, 3.8) is 0 Å². The SMILES string of the molecule is N#Cc1ccc2nc(-c3ccc(-c4ccccc4F)cc3)[nH]c2c1. The first kappa shape index (κ1) is 14.2. The molecule has 24 heavy (non-hydrogen) atoms. The molecule has 0 radical (unpaired) electrons. The second-order valence-corrected chi connectivity index (χ2v) is 5.49. The van der Waals surface area contributed by atoms with Gasteiger partial charge in [0.05, 0.1) is 22.7 Å². The molecule has 3 aromatic carbocycles. The minimum atomic E-state index is -0.238. The van der Waals surface area contributed by atoms with Gasteiger partial charge in [0.15, 0.2) is 0 Å². The van der Waals surface area contributed by atoms with Gasteiger partial charge in [-0.15, -0.1) is 0 Å². The minimum absolute atomic E-state index is 0.238. The summed E-state index contributed by atoms with van der Waals surface area (Å²) < 4.78 is 13.9. The van der Waals surface area contributed by atoms with Crippen LogP contribution in [0.25, 0.3) is 33.5 Å². The predicted octanol–water partition coefficient (Wildman–Crippen LogP) is 4.91. The van der Waals surface area contributed by atoms with Crippen LogP contribution in [0.5, 0.6) is 0 Å². The summed E-state index contributed by atoms with van der Waals surface area (Å²) in [6.07, 6.45) is 0. The van der Waals surface area contributed by atoms with Gasteiger partial charge < -0.3 is 4.98 Å². The lowest BCUT2D eigenvalue weighted by atomic mass is 10.0. The molecule has 0 bridgehead atoms.